The fourth-order valence-electron chi connectivity index (χ4n) is 1.35. The van der Waals surface area contributed by atoms with Gasteiger partial charge >= 0.3 is 0 Å². The lowest BCUT2D eigenvalue weighted by Gasteiger charge is -2.16. The Kier molecular flexibility index (Phi) is 1.72. The predicted octanol–water partition coefficient (Wildman–Crippen LogP) is 2.61. The van der Waals surface area contributed by atoms with Gasteiger partial charge in [0.2, 0.25) is 0 Å². The van der Waals surface area contributed by atoms with E-state index in [1.165, 1.54) is 12.8 Å². The minimum Gasteiger partial charge on any atom is -0.0880 e. The van der Waals surface area contributed by atoms with E-state index in [0.29, 0.717) is 0 Å². The van der Waals surface area contributed by atoms with Crippen molar-refractivity contribution in [3.63, 3.8) is 0 Å². The van der Waals surface area contributed by atoms with Gasteiger partial charge in [-0.25, -0.2) is 0 Å². The molecule has 0 spiro atoms. The number of hydrogen-bond acceptors (Lipinski definition) is 0. The minimum absolute atomic E-state index is 0.832. The van der Waals surface area contributed by atoms with Crippen LogP contribution in [-0.4, -0.2) is 0 Å². The molecule has 0 unspecified atom stereocenters. The first kappa shape index (κ1) is 5.87. The first-order valence-electron chi connectivity index (χ1n) is 3.45. The van der Waals surface area contributed by atoms with Crippen molar-refractivity contribution in [2.75, 3.05) is 0 Å². The second-order valence-corrected chi connectivity index (χ2v) is 2.98. The number of hydrogen-bond donors (Lipinski definition) is 0. The van der Waals surface area contributed by atoms with Crippen molar-refractivity contribution in [2.45, 2.75) is 26.7 Å². The van der Waals surface area contributed by atoms with Gasteiger partial charge in [0.15, 0.2) is 0 Å². The highest BCUT2D eigenvalue weighted by Crippen LogP contribution is 2.21. The Morgan fingerprint density at radius 2 is 2.12 bits per heavy atom. The van der Waals surface area contributed by atoms with Crippen molar-refractivity contribution < 1.29 is 0 Å². The Bertz CT molecular complexity index is 92.2. The average Bonchev–Trinajstić information content (AvgIpc) is 1.64. The molecular formula is C8H14. The van der Waals surface area contributed by atoms with Gasteiger partial charge in [-0.2, -0.15) is 0 Å². The van der Waals surface area contributed by atoms with Crippen LogP contribution < -0.4 is 0 Å². The summed E-state index contributed by atoms with van der Waals surface area (Å²) in [4.78, 5) is 0. The van der Waals surface area contributed by atoms with Gasteiger partial charge in [0.25, 0.3) is 0 Å². The maximum atomic E-state index is 2.32. The van der Waals surface area contributed by atoms with Gasteiger partial charge in [-0.1, -0.05) is 26.0 Å². The van der Waals surface area contributed by atoms with Crippen molar-refractivity contribution in [3.05, 3.63) is 12.2 Å². The molecule has 0 aromatic heterocycles. The standard InChI is InChI=1S/C8H14/c1-7-4-3-5-8(2)6-7/h3-4,7-8H,5-6H2,1-2H3/t7-,8+/m0/s1. The van der Waals surface area contributed by atoms with Crippen LogP contribution in [0.5, 0.6) is 0 Å². The normalized spacial score (nSPS) is 37.8. The van der Waals surface area contributed by atoms with Crippen molar-refractivity contribution in [1.82, 2.24) is 0 Å². The van der Waals surface area contributed by atoms with E-state index >= 15 is 0 Å². The van der Waals surface area contributed by atoms with Crippen LogP contribution in [0.1, 0.15) is 26.7 Å². The summed E-state index contributed by atoms with van der Waals surface area (Å²) in [5.41, 5.74) is 0. The number of allylic oxidation sites excluding steroid dienone is 2. The Morgan fingerprint density at radius 3 is 2.50 bits per heavy atom. The predicted molar refractivity (Wildman–Crippen MR) is 36.7 cm³/mol. The van der Waals surface area contributed by atoms with Gasteiger partial charge in [0, 0.05) is 0 Å². The van der Waals surface area contributed by atoms with E-state index in [9.17, 15) is 0 Å². The third-order valence-corrected chi connectivity index (χ3v) is 1.78. The molecular weight excluding hydrogens is 96.1 g/mol. The maximum Gasteiger partial charge on any atom is -0.0259 e. The lowest BCUT2D eigenvalue weighted by Crippen LogP contribution is -2.04. The molecule has 0 saturated heterocycles. The summed E-state index contributed by atoms with van der Waals surface area (Å²) in [7, 11) is 0. The van der Waals surface area contributed by atoms with Crippen LogP contribution in [0.25, 0.3) is 0 Å². The zero-order chi connectivity index (χ0) is 5.98. The molecule has 8 heavy (non-hydrogen) atoms. The summed E-state index contributed by atoms with van der Waals surface area (Å²) < 4.78 is 0. The van der Waals surface area contributed by atoms with Crippen LogP contribution in [0, 0.1) is 11.8 Å². The lowest BCUT2D eigenvalue weighted by atomic mass is 9.89. The SMILES string of the molecule is C[C@@H]1CC=C[C@H](C)C1. The molecule has 0 heteroatoms. The molecule has 0 aliphatic heterocycles. The van der Waals surface area contributed by atoms with Crippen LogP contribution in [0.3, 0.4) is 0 Å². The molecule has 0 N–H and O–H groups in total. The summed E-state index contributed by atoms with van der Waals surface area (Å²) in [6.07, 6.45) is 7.31. The van der Waals surface area contributed by atoms with Crippen molar-refractivity contribution in [2.24, 2.45) is 11.8 Å². The third kappa shape index (κ3) is 1.36. The zero-order valence-corrected chi connectivity index (χ0v) is 5.72. The monoisotopic (exact) mass is 110 g/mol. The maximum absolute atomic E-state index is 2.32. The molecule has 46 valence electrons. The third-order valence-electron chi connectivity index (χ3n) is 1.78. The van der Waals surface area contributed by atoms with E-state index in [4.69, 9.17) is 0 Å². The molecule has 0 saturated carbocycles. The molecule has 0 aromatic carbocycles. The molecule has 0 bridgehead atoms. The van der Waals surface area contributed by atoms with Crippen molar-refractivity contribution in [3.8, 4) is 0 Å². The number of rotatable bonds is 0. The fraction of sp³-hybridized carbons (Fsp3) is 0.750. The van der Waals surface area contributed by atoms with Gasteiger partial charge < -0.3 is 0 Å². The summed E-state index contributed by atoms with van der Waals surface area (Å²) in [5, 5.41) is 0. The van der Waals surface area contributed by atoms with Crippen LogP contribution in [0.4, 0.5) is 0 Å². The quantitative estimate of drug-likeness (QED) is 0.420. The van der Waals surface area contributed by atoms with Gasteiger partial charge in [0.1, 0.15) is 0 Å². The molecule has 1 rings (SSSR count). The first-order chi connectivity index (χ1) is 3.79. The topological polar surface area (TPSA) is 0 Å². The molecule has 0 aromatic rings. The Balaban J connectivity index is 2.42. The molecule has 0 heterocycles. The summed E-state index contributed by atoms with van der Waals surface area (Å²) in [6, 6.07) is 0. The molecule has 2 atom stereocenters. The van der Waals surface area contributed by atoms with Crippen molar-refractivity contribution >= 4 is 0 Å². The largest absolute Gasteiger partial charge is 0.0880 e. The molecule has 1 aliphatic carbocycles. The molecule has 0 amide bonds. The van der Waals surface area contributed by atoms with Gasteiger partial charge in [0.05, 0.1) is 0 Å². The fourth-order valence-corrected chi connectivity index (χ4v) is 1.35. The van der Waals surface area contributed by atoms with E-state index in [-0.39, 0.29) is 0 Å². The summed E-state index contributed by atoms with van der Waals surface area (Å²) >= 11 is 0. The van der Waals surface area contributed by atoms with Gasteiger partial charge in [-0.3, -0.25) is 0 Å². The van der Waals surface area contributed by atoms with Gasteiger partial charge in [-0.05, 0) is 24.7 Å². The highest BCUT2D eigenvalue weighted by atomic mass is 14.1. The van der Waals surface area contributed by atoms with Crippen LogP contribution >= 0.6 is 0 Å². The Labute approximate surface area is 51.6 Å². The molecule has 1 aliphatic rings. The molecule has 0 nitrogen and oxygen atoms in total. The molecule has 0 fully saturated rings. The highest BCUT2D eigenvalue weighted by Gasteiger charge is 2.08. The Hall–Kier alpha value is -0.260. The second-order valence-electron chi connectivity index (χ2n) is 2.98. The summed E-state index contributed by atoms with van der Waals surface area (Å²) in [6.45, 7) is 4.60. The van der Waals surface area contributed by atoms with E-state index < -0.39 is 0 Å². The highest BCUT2D eigenvalue weighted by molar-refractivity contribution is 4.92. The lowest BCUT2D eigenvalue weighted by molar-refractivity contribution is 0.449. The van der Waals surface area contributed by atoms with Gasteiger partial charge in [-0.15, -0.1) is 0 Å². The summed E-state index contributed by atoms with van der Waals surface area (Å²) in [5.74, 6) is 1.76. The second kappa shape index (κ2) is 2.34. The minimum atomic E-state index is 0.832. The van der Waals surface area contributed by atoms with Crippen molar-refractivity contribution in [1.29, 1.82) is 0 Å². The smallest absolute Gasteiger partial charge is 0.0259 e. The van der Waals surface area contributed by atoms with Crippen LogP contribution in [0.15, 0.2) is 12.2 Å². The van der Waals surface area contributed by atoms with Crippen LogP contribution in [-0.2, 0) is 0 Å². The van der Waals surface area contributed by atoms with E-state index in [2.05, 4.69) is 26.0 Å². The van der Waals surface area contributed by atoms with E-state index in [1.807, 2.05) is 0 Å². The average molecular weight is 110 g/mol. The van der Waals surface area contributed by atoms with Crippen LogP contribution in [0.2, 0.25) is 0 Å². The zero-order valence-electron chi connectivity index (χ0n) is 5.72. The van der Waals surface area contributed by atoms with E-state index in [1.54, 1.807) is 0 Å². The first-order valence-corrected chi connectivity index (χ1v) is 3.45. The molecule has 0 radical (unpaired) electrons. The van der Waals surface area contributed by atoms with E-state index in [0.717, 1.165) is 11.8 Å². The Morgan fingerprint density at radius 1 is 1.38 bits per heavy atom.